The van der Waals surface area contributed by atoms with Gasteiger partial charge >= 0.3 is 6.18 Å². The van der Waals surface area contributed by atoms with Crippen molar-refractivity contribution in [1.82, 2.24) is 30.0 Å². The van der Waals surface area contributed by atoms with Gasteiger partial charge in [0.15, 0.2) is 0 Å². The minimum Gasteiger partial charge on any atom is -0.339 e. The molecule has 33 heavy (non-hydrogen) atoms. The topological polar surface area (TPSA) is 67.2 Å². The number of thioether (sulfide) groups is 1. The van der Waals surface area contributed by atoms with Crippen LogP contribution in [-0.2, 0) is 11.3 Å². The van der Waals surface area contributed by atoms with Crippen LogP contribution in [0, 0.1) is 0 Å². The van der Waals surface area contributed by atoms with E-state index in [1.165, 1.54) is 11.1 Å². The van der Waals surface area contributed by atoms with Gasteiger partial charge in [0, 0.05) is 26.2 Å². The number of carbonyl (C=O) groups is 1. The Morgan fingerprint density at radius 1 is 0.939 bits per heavy atom. The van der Waals surface area contributed by atoms with Crippen LogP contribution in [0.2, 0.25) is 0 Å². The second-order valence-corrected chi connectivity index (χ2v) is 8.61. The lowest BCUT2D eigenvalue weighted by Gasteiger charge is -2.39. The maximum atomic E-state index is 12.7. The third-order valence-corrected chi connectivity index (χ3v) is 6.36. The van der Waals surface area contributed by atoms with Crippen molar-refractivity contribution in [3.05, 3.63) is 71.8 Å². The first kappa shape index (κ1) is 23.2. The number of nitrogens with zero attached hydrogens (tertiary/aromatic N) is 6. The first-order valence-electron chi connectivity index (χ1n) is 10.5. The Labute approximate surface area is 193 Å². The fraction of sp³-hybridized carbons (Fsp3) is 0.364. The first-order chi connectivity index (χ1) is 15.9. The second-order valence-electron chi connectivity index (χ2n) is 7.66. The molecule has 11 heteroatoms. The number of piperazine rings is 1. The largest absolute Gasteiger partial charge is 0.408 e. The minimum absolute atomic E-state index is 0.0149. The summed E-state index contributed by atoms with van der Waals surface area (Å²) in [7, 11) is 0. The highest BCUT2D eigenvalue weighted by Gasteiger charge is 2.31. The zero-order valence-corrected chi connectivity index (χ0v) is 18.5. The molecule has 7 nitrogen and oxygen atoms in total. The fourth-order valence-corrected chi connectivity index (χ4v) is 4.68. The van der Waals surface area contributed by atoms with Crippen LogP contribution in [0.5, 0.6) is 0 Å². The molecule has 0 N–H and O–H groups in total. The summed E-state index contributed by atoms with van der Waals surface area (Å²) in [6.45, 7) is 1.19. The molecule has 1 amide bonds. The normalized spacial score (nSPS) is 15.2. The van der Waals surface area contributed by atoms with Gasteiger partial charge in [-0.1, -0.05) is 72.4 Å². The molecule has 1 aliphatic rings. The van der Waals surface area contributed by atoms with Gasteiger partial charge in [-0.05, 0) is 21.6 Å². The van der Waals surface area contributed by atoms with Crippen molar-refractivity contribution >= 4 is 17.7 Å². The van der Waals surface area contributed by atoms with Crippen molar-refractivity contribution in [1.29, 1.82) is 0 Å². The molecule has 0 saturated carbocycles. The average molecular weight is 477 g/mol. The van der Waals surface area contributed by atoms with Crippen molar-refractivity contribution in [2.45, 2.75) is 23.9 Å². The smallest absolute Gasteiger partial charge is 0.339 e. The van der Waals surface area contributed by atoms with E-state index in [4.69, 9.17) is 0 Å². The minimum atomic E-state index is -4.43. The molecule has 0 aliphatic carbocycles. The summed E-state index contributed by atoms with van der Waals surface area (Å²) >= 11 is 0.919. The van der Waals surface area contributed by atoms with Crippen LogP contribution in [0.4, 0.5) is 13.2 Å². The zero-order valence-electron chi connectivity index (χ0n) is 17.7. The highest BCUT2D eigenvalue weighted by atomic mass is 32.2. The van der Waals surface area contributed by atoms with E-state index in [0.29, 0.717) is 30.9 Å². The predicted molar refractivity (Wildman–Crippen MR) is 117 cm³/mol. The summed E-state index contributed by atoms with van der Waals surface area (Å²) < 4.78 is 38.6. The summed E-state index contributed by atoms with van der Waals surface area (Å²) in [5, 5.41) is 10.2. The van der Waals surface area contributed by atoms with E-state index in [0.717, 1.165) is 11.8 Å². The van der Waals surface area contributed by atoms with Gasteiger partial charge < -0.3 is 4.90 Å². The molecule has 0 bridgehead atoms. The predicted octanol–water partition coefficient (Wildman–Crippen LogP) is 3.26. The molecule has 2 aromatic carbocycles. The third kappa shape index (κ3) is 6.11. The van der Waals surface area contributed by atoms with Gasteiger partial charge in [-0.2, -0.15) is 13.2 Å². The molecule has 0 spiro atoms. The summed E-state index contributed by atoms with van der Waals surface area (Å²) in [4.78, 5) is 16.8. The molecular formula is C22H23F3N6OS. The van der Waals surface area contributed by atoms with E-state index in [-0.39, 0.29) is 22.9 Å². The van der Waals surface area contributed by atoms with Crippen molar-refractivity contribution in [2.75, 3.05) is 31.9 Å². The van der Waals surface area contributed by atoms with Gasteiger partial charge in [0.25, 0.3) is 0 Å². The van der Waals surface area contributed by atoms with Crippen LogP contribution in [0.25, 0.3) is 0 Å². The third-order valence-electron chi connectivity index (χ3n) is 5.42. The molecule has 174 valence electrons. The number of amides is 1. The van der Waals surface area contributed by atoms with Crippen LogP contribution in [0.1, 0.15) is 17.2 Å². The van der Waals surface area contributed by atoms with Gasteiger partial charge in [-0.15, -0.1) is 5.10 Å². The number of alkyl halides is 3. The monoisotopic (exact) mass is 476 g/mol. The van der Waals surface area contributed by atoms with Crippen LogP contribution in [0.3, 0.4) is 0 Å². The van der Waals surface area contributed by atoms with Crippen molar-refractivity contribution < 1.29 is 18.0 Å². The van der Waals surface area contributed by atoms with Crippen LogP contribution in [0.15, 0.2) is 65.8 Å². The fourth-order valence-electron chi connectivity index (χ4n) is 3.90. The molecule has 1 aromatic heterocycles. The molecule has 0 atom stereocenters. The number of hydrogen-bond acceptors (Lipinski definition) is 6. The first-order valence-corrected chi connectivity index (χ1v) is 11.5. The Morgan fingerprint density at radius 2 is 1.52 bits per heavy atom. The number of halogens is 3. The second kappa shape index (κ2) is 10.3. The Kier molecular flexibility index (Phi) is 7.29. The van der Waals surface area contributed by atoms with Crippen LogP contribution in [-0.4, -0.2) is 74.0 Å². The molecule has 4 rings (SSSR count). The lowest BCUT2D eigenvalue weighted by Crippen LogP contribution is -2.50. The van der Waals surface area contributed by atoms with E-state index < -0.39 is 12.7 Å². The number of tetrazole rings is 1. The van der Waals surface area contributed by atoms with Crippen molar-refractivity contribution in [3.8, 4) is 0 Å². The van der Waals surface area contributed by atoms with E-state index >= 15 is 0 Å². The summed E-state index contributed by atoms with van der Waals surface area (Å²) in [6, 6.07) is 20.6. The summed E-state index contributed by atoms with van der Waals surface area (Å²) in [5.41, 5.74) is 2.38. The molecule has 1 saturated heterocycles. The molecule has 1 fully saturated rings. The molecule has 3 aromatic rings. The average Bonchev–Trinajstić information content (AvgIpc) is 3.25. The SMILES string of the molecule is O=C(CSc1nnnn1CC(F)(F)F)N1CCN(C(c2ccccc2)c2ccccc2)CC1. The Morgan fingerprint density at radius 3 is 2.06 bits per heavy atom. The highest BCUT2D eigenvalue weighted by molar-refractivity contribution is 7.99. The summed E-state index contributed by atoms with van der Waals surface area (Å²) in [5.74, 6) is -0.156. The van der Waals surface area contributed by atoms with Gasteiger partial charge in [0.05, 0.1) is 11.8 Å². The van der Waals surface area contributed by atoms with Gasteiger partial charge in [0.1, 0.15) is 6.54 Å². The Bertz CT molecular complexity index is 1000. The number of rotatable bonds is 7. The number of aromatic nitrogens is 4. The lowest BCUT2D eigenvalue weighted by molar-refractivity contribution is -0.144. The molecule has 0 unspecified atom stereocenters. The van der Waals surface area contributed by atoms with Gasteiger partial charge in [-0.3, -0.25) is 9.69 Å². The lowest BCUT2D eigenvalue weighted by atomic mass is 9.96. The standard InChI is InChI=1S/C22H23F3N6OS/c23-22(24,25)16-31-21(26-27-28-31)33-15-19(32)29-11-13-30(14-12-29)20(17-7-3-1-4-8-17)18-9-5-2-6-10-18/h1-10,20H,11-16H2. The molecule has 2 heterocycles. The quantitative estimate of drug-likeness (QED) is 0.488. The van der Waals surface area contributed by atoms with Gasteiger partial charge in [0.2, 0.25) is 11.1 Å². The maximum absolute atomic E-state index is 12.7. The highest BCUT2D eigenvalue weighted by Crippen LogP contribution is 2.29. The number of hydrogen-bond donors (Lipinski definition) is 0. The Balaban J connectivity index is 1.36. The number of carbonyl (C=O) groups excluding carboxylic acids is 1. The maximum Gasteiger partial charge on any atom is 0.408 e. The van der Waals surface area contributed by atoms with E-state index in [1.54, 1.807) is 4.90 Å². The van der Waals surface area contributed by atoms with Crippen molar-refractivity contribution in [2.24, 2.45) is 0 Å². The van der Waals surface area contributed by atoms with Crippen LogP contribution < -0.4 is 0 Å². The Hall–Kier alpha value is -2.92. The molecular weight excluding hydrogens is 453 g/mol. The van der Waals surface area contributed by atoms with E-state index in [1.807, 2.05) is 36.4 Å². The molecule has 1 aliphatic heterocycles. The van der Waals surface area contributed by atoms with E-state index in [9.17, 15) is 18.0 Å². The number of benzene rings is 2. The van der Waals surface area contributed by atoms with Gasteiger partial charge in [-0.25, -0.2) is 4.68 Å². The molecule has 0 radical (unpaired) electrons. The summed E-state index contributed by atoms with van der Waals surface area (Å²) in [6.07, 6.45) is -4.43. The van der Waals surface area contributed by atoms with Crippen LogP contribution >= 0.6 is 11.8 Å². The van der Waals surface area contributed by atoms with Crippen molar-refractivity contribution in [3.63, 3.8) is 0 Å². The zero-order chi connectivity index (χ0) is 23.3. The van der Waals surface area contributed by atoms with E-state index in [2.05, 4.69) is 44.7 Å².